The minimum Gasteiger partial charge on any atom is -0.508 e. The highest BCUT2D eigenvalue weighted by atomic mass is 16.3. The fraction of sp³-hybridized carbons (Fsp3) is 0.250. The summed E-state index contributed by atoms with van der Waals surface area (Å²) in [5, 5.41) is 9.16. The average molecular weight is 218 g/mol. The molecule has 1 heterocycles. The zero-order valence-corrected chi connectivity index (χ0v) is 9.05. The number of phenolic OH excluding ortho intramolecular Hbond substituents is 1. The third-order valence-corrected chi connectivity index (χ3v) is 2.20. The smallest absolute Gasteiger partial charge is 0.226 e. The van der Waals surface area contributed by atoms with E-state index >= 15 is 0 Å². The molecule has 0 aliphatic carbocycles. The van der Waals surface area contributed by atoms with Gasteiger partial charge < -0.3 is 15.3 Å². The van der Waals surface area contributed by atoms with Crippen LogP contribution in [-0.2, 0) is 6.42 Å². The van der Waals surface area contributed by atoms with Crippen LogP contribution in [0.4, 0.5) is 0 Å². The van der Waals surface area contributed by atoms with Gasteiger partial charge in [0, 0.05) is 18.0 Å². The molecular weight excluding hydrogens is 204 g/mol. The molecule has 3 N–H and O–H groups in total. The molecule has 0 bridgehead atoms. The first kappa shape index (κ1) is 10.7. The van der Waals surface area contributed by atoms with Crippen molar-refractivity contribution in [1.82, 2.24) is 4.98 Å². The number of oxazole rings is 1. The molecule has 0 radical (unpaired) electrons. The van der Waals surface area contributed by atoms with Crippen LogP contribution in [0.15, 0.2) is 34.9 Å². The Labute approximate surface area is 93.7 Å². The predicted molar refractivity (Wildman–Crippen MR) is 61.0 cm³/mol. The van der Waals surface area contributed by atoms with Crippen LogP contribution in [0, 0.1) is 0 Å². The van der Waals surface area contributed by atoms with Crippen molar-refractivity contribution in [3.05, 3.63) is 36.2 Å². The highest BCUT2D eigenvalue weighted by Gasteiger charge is 2.07. The van der Waals surface area contributed by atoms with Gasteiger partial charge in [-0.05, 0) is 31.2 Å². The first-order valence-electron chi connectivity index (χ1n) is 5.14. The molecule has 0 saturated carbocycles. The van der Waals surface area contributed by atoms with Crippen molar-refractivity contribution in [2.24, 2.45) is 5.73 Å². The summed E-state index contributed by atoms with van der Waals surface area (Å²) in [7, 11) is 0. The van der Waals surface area contributed by atoms with Gasteiger partial charge in [0.05, 0.1) is 5.69 Å². The number of rotatable bonds is 3. The van der Waals surface area contributed by atoms with Crippen LogP contribution in [0.3, 0.4) is 0 Å². The topological polar surface area (TPSA) is 72.3 Å². The molecule has 0 amide bonds. The molecule has 1 aromatic heterocycles. The van der Waals surface area contributed by atoms with E-state index in [0.717, 1.165) is 11.3 Å². The Morgan fingerprint density at radius 3 is 2.69 bits per heavy atom. The van der Waals surface area contributed by atoms with Gasteiger partial charge in [-0.25, -0.2) is 4.98 Å². The highest BCUT2D eigenvalue weighted by Crippen LogP contribution is 2.21. The molecular formula is C12H14N2O2. The zero-order valence-electron chi connectivity index (χ0n) is 9.05. The van der Waals surface area contributed by atoms with Crippen molar-refractivity contribution in [3.8, 4) is 17.2 Å². The second-order valence-electron chi connectivity index (χ2n) is 3.87. The van der Waals surface area contributed by atoms with Gasteiger partial charge in [0.15, 0.2) is 0 Å². The van der Waals surface area contributed by atoms with Gasteiger partial charge in [0.2, 0.25) is 5.89 Å². The minimum absolute atomic E-state index is 0.0674. The minimum atomic E-state index is 0.0674. The zero-order chi connectivity index (χ0) is 11.5. The number of nitrogens with zero attached hydrogens (tertiary/aromatic N) is 1. The molecule has 0 aliphatic heterocycles. The van der Waals surface area contributed by atoms with Gasteiger partial charge in [-0.2, -0.15) is 0 Å². The second-order valence-corrected chi connectivity index (χ2v) is 3.87. The van der Waals surface area contributed by atoms with Crippen molar-refractivity contribution >= 4 is 0 Å². The van der Waals surface area contributed by atoms with E-state index in [1.807, 2.05) is 6.92 Å². The highest BCUT2D eigenvalue weighted by molar-refractivity contribution is 5.54. The summed E-state index contributed by atoms with van der Waals surface area (Å²) in [4.78, 5) is 4.32. The van der Waals surface area contributed by atoms with E-state index in [4.69, 9.17) is 15.3 Å². The maximum Gasteiger partial charge on any atom is 0.226 e. The molecule has 4 nitrogen and oxygen atoms in total. The molecule has 4 heteroatoms. The Morgan fingerprint density at radius 2 is 2.06 bits per heavy atom. The molecule has 1 atom stereocenters. The quantitative estimate of drug-likeness (QED) is 0.825. The number of phenols is 1. The fourth-order valence-electron chi connectivity index (χ4n) is 1.47. The van der Waals surface area contributed by atoms with Gasteiger partial charge in [0.25, 0.3) is 0 Å². The molecule has 16 heavy (non-hydrogen) atoms. The van der Waals surface area contributed by atoms with Gasteiger partial charge in [-0.1, -0.05) is 0 Å². The molecule has 0 fully saturated rings. The monoisotopic (exact) mass is 218 g/mol. The summed E-state index contributed by atoms with van der Waals surface area (Å²) in [6.07, 6.45) is 2.31. The Morgan fingerprint density at radius 1 is 1.38 bits per heavy atom. The molecule has 0 spiro atoms. The molecule has 2 rings (SSSR count). The van der Waals surface area contributed by atoms with E-state index < -0.39 is 0 Å². The summed E-state index contributed by atoms with van der Waals surface area (Å²) in [6.45, 7) is 1.93. The standard InChI is InChI=1S/C12H14N2O2/c1-8(13)6-10-7-16-12(14-10)9-2-4-11(15)5-3-9/h2-5,7-8,15H,6,13H2,1H3. The van der Waals surface area contributed by atoms with E-state index in [1.165, 1.54) is 0 Å². The van der Waals surface area contributed by atoms with E-state index in [-0.39, 0.29) is 11.8 Å². The lowest BCUT2D eigenvalue weighted by atomic mass is 10.2. The number of hydrogen-bond acceptors (Lipinski definition) is 4. The third-order valence-electron chi connectivity index (χ3n) is 2.20. The molecule has 0 aliphatic rings. The first-order valence-corrected chi connectivity index (χ1v) is 5.14. The summed E-state index contributed by atoms with van der Waals surface area (Å²) < 4.78 is 5.34. The summed E-state index contributed by atoms with van der Waals surface area (Å²) in [5.74, 6) is 0.779. The van der Waals surface area contributed by atoms with Crippen molar-refractivity contribution in [2.45, 2.75) is 19.4 Å². The van der Waals surface area contributed by atoms with Crippen LogP contribution in [0.5, 0.6) is 5.75 Å². The van der Waals surface area contributed by atoms with Crippen molar-refractivity contribution in [1.29, 1.82) is 0 Å². The van der Waals surface area contributed by atoms with Crippen LogP contribution < -0.4 is 5.73 Å². The number of hydrogen-bond donors (Lipinski definition) is 2. The van der Waals surface area contributed by atoms with Crippen LogP contribution in [0.2, 0.25) is 0 Å². The van der Waals surface area contributed by atoms with Crippen LogP contribution in [0.25, 0.3) is 11.5 Å². The summed E-state index contributed by atoms with van der Waals surface area (Å²) in [5.41, 5.74) is 7.36. The Bertz CT molecular complexity index is 460. The van der Waals surface area contributed by atoms with E-state index in [1.54, 1.807) is 30.5 Å². The molecule has 84 valence electrons. The lowest BCUT2D eigenvalue weighted by Gasteiger charge is -1.98. The molecule has 2 aromatic rings. The SMILES string of the molecule is CC(N)Cc1coc(-c2ccc(O)cc2)n1. The molecule has 1 aromatic carbocycles. The Hall–Kier alpha value is -1.81. The number of aromatic hydroxyl groups is 1. The average Bonchev–Trinajstić information content (AvgIpc) is 2.66. The normalized spacial score (nSPS) is 12.6. The summed E-state index contributed by atoms with van der Waals surface area (Å²) in [6, 6.07) is 6.79. The number of aromatic nitrogens is 1. The predicted octanol–water partition coefficient (Wildman–Crippen LogP) is 1.94. The molecule has 0 saturated heterocycles. The van der Waals surface area contributed by atoms with Crippen LogP contribution >= 0.6 is 0 Å². The van der Waals surface area contributed by atoms with Crippen molar-refractivity contribution in [3.63, 3.8) is 0 Å². The van der Waals surface area contributed by atoms with Crippen molar-refractivity contribution in [2.75, 3.05) is 0 Å². The maximum absolute atomic E-state index is 9.16. The van der Waals surface area contributed by atoms with Crippen molar-refractivity contribution < 1.29 is 9.52 Å². The first-order chi connectivity index (χ1) is 7.65. The van der Waals surface area contributed by atoms with Gasteiger partial charge in [-0.3, -0.25) is 0 Å². The number of benzene rings is 1. The third kappa shape index (κ3) is 2.41. The van der Waals surface area contributed by atoms with Gasteiger partial charge in [0.1, 0.15) is 12.0 Å². The fourth-order valence-corrected chi connectivity index (χ4v) is 1.47. The molecule has 1 unspecified atom stereocenters. The maximum atomic E-state index is 9.16. The van der Waals surface area contributed by atoms with Crippen LogP contribution in [0.1, 0.15) is 12.6 Å². The second kappa shape index (κ2) is 4.37. The van der Waals surface area contributed by atoms with Gasteiger partial charge >= 0.3 is 0 Å². The number of nitrogens with two attached hydrogens (primary N) is 1. The van der Waals surface area contributed by atoms with E-state index in [2.05, 4.69) is 4.98 Å². The summed E-state index contributed by atoms with van der Waals surface area (Å²) >= 11 is 0. The van der Waals surface area contributed by atoms with Crippen LogP contribution in [-0.4, -0.2) is 16.1 Å². The lowest BCUT2D eigenvalue weighted by molar-refractivity contribution is 0.475. The van der Waals surface area contributed by atoms with E-state index in [0.29, 0.717) is 12.3 Å². The lowest BCUT2D eigenvalue weighted by Crippen LogP contribution is -2.17. The largest absolute Gasteiger partial charge is 0.508 e. The Kier molecular flexibility index (Phi) is 2.92. The van der Waals surface area contributed by atoms with E-state index in [9.17, 15) is 0 Å². The van der Waals surface area contributed by atoms with Gasteiger partial charge in [-0.15, -0.1) is 0 Å². The Balaban J connectivity index is 2.21.